The van der Waals surface area contributed by atoms with Crippen molar-refractivity contribution < 1.29 is 22.4 Å². The molecule has 1 saturated heterocycles. The molecule has 258 valence electrons. The molecule has 14 heteroatoms. The van der Waals surface area contributed by atoms with Crippen LogP contribution < -0.4 is 21.5 Å². The maximum absolute atomic E-state index is 14.9. The molecule has 1 aliphatic heterocycles. The summed E-state index contributed by atoms with van der Waals surface area (Å²) in [6, 6.07) is 15.7. The SMILES string of the molecule is CN1CCC(Nc2ccc(Nc3ncc4cc(C=CCNC(=O)c5cccn(Cc6ccc(C(F)(F)F)nc6)c5=O)ccc4n3)cc2F)CC1. The number of likely N-dealkylation sites (tertiary alicyclic amines) is 1. The van der Waals surface area contributed by atoms with E-state index < -0.39 is 23.3 Å². The molecular formula is C36H34F4N8O2. The summed E-state index contributed by atoms with van der Waals surface area (Å²) in [7, 11) is 2.09. The van der Waals surface area contributed by atoms with E-state index in [1.807, 2.05) is 18.2 Å². The highest BCUT2D eigenvalue weighted by Crippen LogP contribution is 2.27. The van der Waals surface area contributed by atoms with Gasteiger partial charge in [-0.2, -0.15) is 13.2 Å². The number of benzene rings is 2. The number of hydrogen-bond donors (Lipinski definition) is 3. The quantitative estimate of drug-likeness (QED) is 0.151. The van der Waals surface area contributed by atoms with Gasteiger partial charge in [0, 0.05) is 42.3 Å². The number of alkyl halides is 3. The number of amides is 1. The van der Waals surface area contributed by atoms with Crippen LogP contribution in [0.1, 0.15) is 40.0 Å². The highest BCUT2D eigenvalue weighted by molar-refractivity contribution is 5.94. The lowest BCUT2D eigenvalue weighted by Gasteiger charge is -2.30. The summed E-state index contributed by atoms with van der Waals surface area (Å²) in [5, 5.41) is 9.83. The molecule has 0 unspecified atom stereocenters. The van der Waals surface area contributed by atoms with Crippen molar-refractivity contribution in [2.24, 2.45) is 0 Å². The molecule has 1 fully saturated rings. The Morgan fingerprint density at radius 2 is 1.84 bits per heavy atom. The van der Waals surface area contributed by atoms with Crippen LogP contribution in [0.2, 0.25) is 0 Å². The van der Waals surface area contributed by atoms with Crippen LogP contribution in [-0.2, 0) is 12.7 Å². The first-order chi connectivity index (χ1) is 24.0. The standard InChI is InChI=1S/C36H34F4N8O2/c1-47-16-12-26(13-17-47)44-31-10-8-27(19-29(31)37)45-35-43-21-25-18-23(6-9-30(25)46-35)4-2-14-41-33(49)28-5-3-15-48(34(28)50)22-24-7-11-32(42-20-24)36(38,39)40/h2-11,15,18-21,26,44H,12-14,16-17,22H2,1H3,(H,41,49)(H,43,45,46). The van der Waals surface area contributed by atoms with Crippen LogP contribution in [0.3, 0.4) is 0 Å². The predicted molar refractivity (Wildman–Crippen MR) is 184 cm³/mol. The Kier molecular flexibility index (Phi) is 10.2. The number of fused-ring (bicyclic) bond motifs is 1. The van der Waals surface area contributed by atoms with Crippen LogP contribution in [0.15, 0.2) is 90.1 Å². The fourth-order valence-corrected chi connectivity index (χ4v) is 5.59. The van der Waals surface area contributed by atoms with Crippen LogP contribution in [-0.4, -0.2) is 63.0 Å². The van der Waals surface area contributed by atoms with Crippen LogP contribution >= 0.6 is 0 Å². The van der Waals surface area contributed by atoms with Gasteiger partial charge >= 0.3 is 6.18 Å². The number of nitrogens with one attached hydrogen (secondary N) is 3. The molecule has 1 aliphatic rings. The normalized spacial score (nSPS) is 14.3. The van der Waals surface area contributed by atoms with Crippen molar-refractivity contribution in [1.29, 1.82) is 0 Å². The Hall–Kier alpha value is -5.63. The van der Waals surface area contributed by atoms with Gasteiger partial charge in [0.2, 0.25) is 5.95 Å². The largest absolute Gasteiger partial charge is 0.433 e. The number of aromatic nitrogens is 4. The average Bonchev–Trinajstić information content (AvgIpc) is 3.09. The monoisotopic (exact) mass is 686 g/mol. The molecule has 3 aromatic heterocycles. The topological polar surface area (TPSA) is 117 Å². The molecule has 0 saturated carbocycles. The summed E-state index contributed by atoms with van der Waals surface area (Å²) in [5.74, 6) is -0.609. The molecule has 10 nitrogen and oxygen atoms in total. The molecule has 5 aromatic rings. The van der Waals surface area contributed by atoms with Gasteiger partial charge in [-0.15, -0.1) is 0 Å². The first-order valence-electron chi connectivity index (χ1n) is 16.0. The number of carbonyl (C=O) groups is 1. The van der Waals surface area contributed by atoms with Gasteiger partial charge in [0.15, 0.2) is 0 Å². The van der Waals surface area contributed by atoms with E-state index in [-0.39, 0.29) is 30.5 Å². The average molecular weight is 687 g/mol. The fourth-order valence-electron chi connectivity index (χ4n) is 5.59. The summed E-state index contributed by atoms with van der Waals surface area (Å²) >= 11 is 0. The van der Waals surface area contributed by atoms with Crippen LogP contribution in [0.25, 0.3) is 17.0 Å². The Labute approximate surface area is 284 Å². The third kappa shape index (κ3) is 8.50. The second-order valence-electron chi connectivity index (χ2n) is 12.1. The number of pyridine rings is 2. The highest BCUT2D eigenvalue weighted by Gasteiger charge is 2.32. The summed E-state index contributed by atoms with van der Waals surface area (Å²) in [6.07, 6.45) is 5.07. The van der Waals surface area contributed by atoms with Gasteiger partial charge in [0.05, 0.1) is 17.7 Å². The van der Waals surface area contributed by atoms with E-state index in [2.05, 4.69) is 42.8 Å². The maximum Gasteiger partial charge on any atom is 0.433 e. The number of piperidine rings is 1. The molecule has 0 atom stereocenters. The molecule has 0 spiro atoms. The van der Waals surface area contributed by atoms with Crippen molar-refractivity contribution in [3.8, 4) is 0 Å². The van der Waals surface area contributed by atoms with E-state index in [0.29, 0.717) is 28.4 Å². The number of halogens is 4. The van der Waals surface area contributed by atoms with E-state index in [4.69, 9.17) is 0 Å². The van der Waals surface area contributed by atoms with Gasteiger partial charge in [-0.05, 0) is 92.6 Å². The lowest BCUT2D eigenvalue weighted by molar-refractivity contribution is -0.141. The lowest BCUT2D eigenvalue weighted by Crippen LogP contribution is -2.36. The molecular weight excluding hydrogens is 652 g/mol. The van der Waals surface area contributed by atoms with Crippen molar-refractivity contribution in [2.45, 2.75) is 31.6 Å². The Morgan fingerprint density at radius 3 is 2.58 bits per heavy atom. The Balaban J connectivity index is 1.02. The van der Waals surface area contributed by atoms with Gasteiger partial charge in [-0.3, -0.25) is 14.6 Å². The minimum Gasteiger partial charge on any atom is -0.380 e. The van der Waals surface area contributed by atoms with Crippen LogP contribution in [0.4, 0.5) is 34.9 Å². The fraction of sp³-hybridized carbons (Fsp3) is 0.250. The van der Waals surface area contributed by atoms with Gasteiger partial charge in [0.25, 0.3) is 11.5 Å². The molecule has 50 heavy (non-hydrogen) atoms. The zero-order valence-corrected chi connectivity index (χ0v) is 27.0. The molecule has 2 aromatic carbocycles. The molecule has 1 amide bonds. The molecule has 0 radical (unpaired) electrons. The Morgan fingerprint density at radius 1 is 1.02 bits per heavy atom. The Bertz CT molecular complexity index is 2070. The van der Waals surface area contributed by atoms with Crippen molar-refractivity contribution in [3.63, 3.8) is 0 Å². The van der Waals surface area contributed by atoms with Crippen LogP contribution in [0, 0.1) is 5.82 Å². The number of rotatable bonds is 10. The lowest BCUT2D eigenvalue weighted by atomic mass is 10.1. The van der Waals surface area contributed by atoms with Gasteiger partial charge in [0.1, 0.15) is 17.1 Å². The predicted octanol–water partition coefficient (Wildman–Crippen LogP) is 6.09. The van der Waals surface area contributed by atoms with E-state index in [0.717, 1.165) is 49.1 Å². The number of anilines is 3. The molecule has 0 bridgehead atoms. The van der Waals surface area contributed by atoms with Gasteiger partial charge < -0.3 is 25.4 Å². The smallest absolute Gasteiger partial charge is 0.380 e. The minimum absolute atomic E-state index is 0.0453. The van der Waals surface area contributed by atoms with Gasteiger partial charge in [-0.25, -0.2) is 14.4 Å². The van der Waals surface area contributed by atoms with E-state index in [9.17, 15) is 27.2 Å². The van der Waals surface area contributed by atoms with Gasteiger partial charge in [-0.1, -0.05) is 24.3 Å². The zero-order valence-electron chi connectivity index (χ0n) is 27.0. The zero-order chi connectivity index (χ0) is 35.3. The second kappa shape index (κ2) is 14.9. The van der Waals surface area contributed by atoms with E-state index in [1.165, 1.54) is 35.0 Å². The number of hydrogen-bond acceptors (Lipinski definition) is 8. The van der Waals surface area contributed by atoms with Crippen LogP contribution in [0.5, 0.6) is 0 Å². The van der Waals surface area contributed by atoms with Crippen molar-refractivity contribution >= 4 is 40.2 Å². The van der Waals surface area contributed by atoms with E-state index in [1.54, 1.807) is 30.5 Å². The summed E-state index contributed by atoms with van der Waals surface area (Å²) in [4.78, 5) is 40.3. The van der Waals surface area contributed by atoms with Crippen molar-refractivity contribution in [2.75, 3.05) is 37.3 Å². The molecule has 0 aliphatic carbocycles. The maximum atomic E-state index is 14.9. The van der Waals surface area contributed by atoms with E-state index >= 15 is 0 Å². The third-order valence-electron chi connectivity index (χ3n) is 8.33. The number of carbonyl (C=O) groups excluding carboxylic acids is 1. The van der Waals surface area contributed by atoms with Crippen molar-refractivity contribution in [1.82, 2.24) is 29.7 Å². The summed E-state index contributed by atoms with van der Waals surface area (Å²) in [6.45, 7) is 2.05. The third-order valence-corrected chi connectivity index (χ3v) is 8.33. The summed E-state index contributed by atoms with van der Waals surface area (Å²) < 4.78 is 54.5. The van der Waals surface area contributed by atoms with Crippen molar-refractivity contribution in [3.05, 3.63) is 124 Å². The molecule has 4 heterocycles. The highest BCUT2D eigenvalue weighted by atomic mass is 19.4. The molecule has 3 N–H and O–H groups in total. The summed E-state index contributed by atoms with van der Waals surface area (Å²) in [5.41, 5.74) is 1.19. The first kappa shape index (κ1) is 34.2. The molecule has 6 rings (SSSR count). The second-order valence-corrected chi connectivity index (χ2v) is 12.1. The first-order valence-corrected chi connectivity index (χ1v) is 16.0. The number of nitrogens with zero attached hydrogens (tertiary/aromatic N) is 5. The minimum atomic E-state index is -4.56.